The van der Waals surface area contributed by atoms with Crippen molar-refractivity contribution < 1.29 is 14.4 Å². The molecule has 2 aromatic heterocycles. The largest absolute Gasteiger partial charge is 0.340 e. The van der Waals surface area contributed by atoms with Crippen LogP contribution in [0.1, 0.15) is 48.9 Å². The number of aryl methyl sites for hydroxylation is 1. The fraction of sp³-hybridized carbons (Fsp3) is 0.476. The van der Waals surface area contributed by atoms with E-state index in [4.69, 9.17) is 11.6 Å². The first kappa shape index (κ1) is 21.3. The number of nitrogens with one attached hydrogen (secondary N) is 2. The summed E-state index contributed by atoms with van der Waals surface area (Å²) in [7, 11) is 1.67. The Balaban J connectivity index is 1.37. The molecule has 2 aliphatic rings. The van der Waals surface area contributed by atoms with Gasteiger partial charge in [-0.2, -0.15) is 5.10 Å². The van der Waals surface area contributed by atoms with E-state index in [-0.39, 0.29) is 29.3 Å². The SMILES string of the molecule is Cn1ncc(C(=O)Nc2ccc(Cl)cn2)c1NC(=O)C1CCC(N2CCCC2=O)CC1. The van der Waals surface area contributed by atoms with Gasteiger partial charge in [0.25, 0.3) is 5.91 Å². The van der Waals surface area contributed by atoms with Crippen LogP contribution in [0.5, 0.6) is 0 Å². The maximum absolute atomic E-state index is 12.9. The number of pyridine rings is 1. The van der Waals surface area contributed by atoms with Crippen LogP contribution in [0.2, 0.25) is 5.02 Å². The maximum atomic E-state index is 12.9. The number of amides is 3. The molecule has 0 atom stereocenters. The number of carbonyl (C=O) groups excluding carboxylic acids is 3. The predicted molar refractivity (Wildman–Crippen MR) is 116 cm³/mol. The number of halogens is 1. The quantitative estimate of drug-likeness (QED) is 0.736. The van der Waals surface area contributed by atoms with Gasteiger partial charge < -0.3 is 15.5 Å². The lowest BCUT2D eigenvalue weighted by molar-refractivity contribution is -0.130. The molecule has 9 nitrogen and oxygen atoms in total. The van der Waals surface area contributed by atoms with E-state index in [1.54, 1.807) is 19.2 Å². The Morgan fingerprint density at radius 1 is 1.13 bits per heavy atom. The minimum absolute atomic E-state index is 0.131. The monoisotopic (exact) mass is 444 g/mol. The Hall–Kier alpha value is -2.94. The molecule has 10 heteroatoms. The number of aromatic nitrogens is 3. The van der Waals surface area contributed by atoms with Crippen molar-refractivity contribution >= 4 is 41.0 Å². The van der Waals surface area contributed by atoms with E-state index in [2.05, 4.69) is 20.7 Å². The number of likely N-dealkylation sites (tertiary alicyclic amines) is 1. The Bertz CT molecular complexity index is 982. The molecular formula is C21H25ClN6O3. The van der Waals surface area contributed by atoms with Crippen molar-refractivity contribution in [2.75, 3.05) is 17.2 Å². The Morgan fingerprint density at radius 2 is 1.90 bits per heavy atom. The van der Waals surface area contributed by atoms with E-state index in [9.17, 15) is 14.4 Å². The molecule has 1 saturated carbocycles. The number of anilines is 2. The normalized spacial score (nSPS) is 21.2. The van der Waals surface area contributed by atoms with Gasteiger partial charge in [-0.25, -0.2) is 4.98 Å². The van der Waals surface area contributed by atoms with Gasteiger partial charge in [-0.1, -0.05) is 11.6 Å². The summed E-state index contributed by atoms with van der Waals surface area (Å²) in [5.41, 5.74) is 0.254. The first-order valence-corrected chi connectivity index (χ1v) is 10.9. The molecule has 1 aliphatic heterocycles. The minimum atomic E-state index is -0.422. The topological polar surface area (TPSA) is 109 Å². The summed E-state index contributed by atoms with van der Waals surface area (Å²) in [5, 5.41) is 10.1. The minimum Gasteiger partial charge on any atom is -0.340 e. The number of carbonyl (C=O) groups is 3. The average Bonchev–Trinajstić information content (AvgIpc) is 3.35. The first-order chi connectivity index (χ1) is 14.9. The second-order valence-electron chi connectivity index (χ2n) is 8.03. The predicted octanol–water partition coefficient (Wildman–Crippen LogP) is 2.84. The van der Waals surface area contributed by atoms with Crippen molar-refractivity contribution in [1.82, 2.24) is 19.7 Å². The van der Waals surface area contributed by atoms with Gasteiger partial charge in [0.05, 0.1) is 11.2 Å². The zero-order valence-electron chi connectivity index (χ0n) is 17.3. The molecule has 0 radical (unpaired) electrons. The molecule has 2 N–H and O–H groups in total. The summed E-state index contributed by atoms with van der Waals surface area (Å²) < 4.78 is 1.47. The van der Waals surface area contributed by atoms with E-state index < -0.39 is 5.91 Å². The highest BCUT2D eigenvalue weighted by Crippen LogP contribution is 2.31. The van der Waals surface area contributed by atoms with E-state index in [1.165, 1.54) is 17.1 Å². The Morgan fingerprint density at radius 3 is 2.55 bits per heavy atom. The molecule has 0 spiro atoms. The molecule has 3 heterocycles. The van der Waals surface area contributed by atoms with Gasteiger partial charge in [-0.3, -0.25) is 19.1 Å². The van der Waals surface area contributed by atoms with Crippen molar-refractivity contribution in [2.45, 2.75) is 44.6 Å². The zero-order chi connectivity index (χ0) is 22.0. The fourth-order valence-corrected chi connectivity index (χ4v) is 4.42. The second kappa shape index (κ2) is 9.05. The highest BCUT2D eigenvalue weighted by Gasteiger charge is 2.34. The van der Waals surface area contributed by atoms with Gasteiger partial charge >= 0.3 is 0 Å². The van der Waals surface area contributed by atoms with Crippen LogP contribution in [0.4, 0.5) is 11.6 Å². The summed E-state index contributed by atoms with van der Waals surface area (Å²) in [6, 6.07) is 3.46. The average molecular weight is 445 g/mol. The third-order valence-corrected chi connectivity index (χ3v) is 6.24. The van der Waals surface area contributed by atoms with Gasteiger partial charge in [0, 0.05) is 38.2 Å². The summed E-state index contributed by atoms with van der Waals surface area (Å²) in [6.07, 6.45) is 7.50. The number of rotatable bonds is 5. The van der Waals surface area contributed by atoms with E-state index in [0.29, 0.717) is 35.9 Å². The molecule has 164 valence electrons. The van der Waals surface area contributed by atoms with Crippen LogP contribution in [0.3, 0.4) is 0 Å². The van der Waals surface area contributed by atoms with Gasteiger partial charge in [0.2, 0.25) is 11.8 Å². The lowest BCUT2D eigenvalue weighted by atomic mass is 9.85. The number of hydrogen-bond acceptors (Lipinski definition) is 5. The number of hydrogen-bond donors (Lipinski definition) is 2. The van der Waals surface area contributed by atoms with Gasteiger partial charge in [-0.05, 0) is 44.2 Å². The third-order valence-electron chi connectivity index (χ3n) is 6.01. The molecule has 0 bridgehead atoms. The van der Waals surface area contributed by atoms with Crippen LogP contribution >= 0.6 is 11.6 Å². The molecule has 3 amide bonds. The van der Waals surface area contributed by atoms with E-state index in [0.717, 1.165) is 25.8 Å². The van der Waals surface area contributed by atoms with Crippen LogP contribution in [0, 0.1) is 5.92 Å². The molecule has 2 fully saturated rings. The maximum Gasteiger partial charge on any atom is 0.262 e. The summed E-state index contributed by atoms with van der Waals surface area (Å²) in [5.74, 6) is 0.216. The van der Waals surface area contributed by atoms with Crippen molar-refractivity contribution in [2.24, 2.45) is 13.0 Å². The Kier molecular flexibility index (Phi) is 6.22. The summed E-state index contributed by atoms with van der Waals surface area (Å²) >= 11 is 5.82. The molecule has 0 aromatic carbocycles. The van der Waals surface area contributed by atoms with Crippen LogP contribution < -0.4 is 10.6 Å². The fourth-order valence-electron chi connectivity index (χ4n) is 4.31. The van der Waals surface area contributed by atoms with Crippen LogP contribution in [-0.2, 0) is 16.6 Å². The summed E-state index contributed by atoms with van der Waals surface area (Å²) in [6.45, 7) is 0.830. The van der Waals surface area contributed by atoms with Gasteiger partial charge in [-0.15, -0.1) is 0 Å². The van der Waals surface area contributed by atoms with E-state index >= 15 is 0 Å². The van der Waals surface area contributed by atoms with Crippen molar-refractivity contribution in [3.05, 3.63) is 35.1 Å². The molecule has 2 aromatic rings. The third kappa shape index (κ3) is 4.71. The molecule has 1 saturated heterocycles. The van der Waals surface area contributed by atoms with Crippen LogP contribution in [0.15, 0.2) is 24.5 Å². The molecular weight excluding hydrogens is 420 g/mol. The smallest absolute Gasteiger partial charge is 0.262 e. The van der Waals surface area contributed by atoms with Gasteiger partial charge in [0.15, 0.2) is 0 Å². The zero-order valence-corrected chi connectivity index (χ0v) is 18.1. The summed E-state index contributed by atoms with van der Waals surface area (Å²) in [4.78, 5) is 43.6. The van der Waals surface area contributed by atoms with Crippen LogP contribution in [0.25, 0.3) is 0 Å². The molecule has 1 aliphatic carbocycles. The first-order valence-electron chi connectivity index (χ1n) is 10.5. The lowest BCUT2D eigenvalue weighted by Gasteiger charge is -2.34. The molecule has 0 unspecified atom stereocenters. The second-order valence-corrected chi connectivity index (χ2v) is 8.47. The van der Waals surface area contributed by atoms with Crippen molar-refractivity contribution in [1.29, 1.82) is 0 Å². The highest BCUT2D eigenvalue weighted by molar-refractivity contribution is 6.30. The molecule has 4 rings (SSSR count). The van der Waals surface area contributed by atoms with Crippen molar-refractivity contribution in [3.8, 4) is 0 Å². The van der Waals surface area contributed by atoms with Crippen LogP contribution in [-0.4, -0.2) is 50.0 Å². The van der Waals surface area contributed by atoms with E-state index in [1.807, 2.05) is 4.90 Å². The standard InChI is InChI=1S/C21H25ClN6O3/c1-27-19(16(12-24-27)21(31)25-17-9-6-14(22)11-23-17)26-20(30)13-4-7-15(8-5-13)28-10-2-3-18(28)29/h6,9,11-13,15H,2-5,7-8,10H2,1H3,(H,26,30)(H,23,25,31). The lowest BCUT2D eigenvalue weighted by Crippen LogP contribution is -2.40. The van der Waals surface area contributed by atoms with Gasteiger partial charge in [0.1, 0.15) is 17.2 Å². The Labute approximate surface area is 185 Å². The van der Waals surface area contributed by atoms with Crippen molar-refractivity contribution in [3.63, 3.8) is 0 Å². The number of nitrogens with zero attached hydrogens (tertiary/aromatic N) is 4. The molecule has 31 heavy (non-hydrogen) atoms. The highest BCUT2D eigenvalue weighted by atomic mass is 35.5.